The molecule has 1 rings (SSSR count). The molecule has 1 aromatic carbocycles. The van der Waals surface area contributed by atoms with Gasteiger partial charge in [-0.15, -0.1) is 0 Å². The molecule has 0 aliphatic rings. The molecule has 1 aromatic rings. The lowest BCUT2D eigenvalue weighted by Gasteiger charge is -2.32. The van der Waals surface area contributed by atoms with Crippen LogP contribution in [-0.2, 0) is 0 Å². The summed E-state index contributed by atoms with van der Waals surface area (Å²) in [6.45, 7) is 11.3. The minimum Gasteiger partial charge on any atom is -0.192 e. The third-order valence-corrected chi connectivity index (χ3v) is 3.17. The smallest absolute Gasteiger partial charge is 0.0991 e. The van der Waals surface area contributed by atoms with E-state index in [-0.39, 0.29) is 5.41 Å². The van der Waals surface area contributed by atoms with Crippen molar-refractivity contribution in [2.75, 3.05) is 0 Å². The van der Waals surface area contributed by atoms with Crippen molar-refractivity contribution in [1.29, 1.82) is 5.26 Å². The monoisotopic (exact) mass is 229 g/mol. The maximum Gasteiger partial charge on any atom is 0.0991 e. The van der Waals surface area contributed by atoms with Crippen LogP contribution < -0.4 is 0 Å². The fourth-order valence-corrected chi connectivity index (χ4v) is 2.29. The SMILES string of the molecule is CC(C)CC(c1cccc(C#N)c1)C(C)(C)C. The first-order chi connectivity index (χ1) is 7.84. The molecule has 17 heavy (non-hydrogen) atoms. The predicted molar refractivity (Wildman–Crippen MR) is 72.8 cm³/mol. The second-order valence-electron chi connectivity index (χ2n) is 6.29. The number of hydrogen-bond donors (Lipinski definition) is 0. The standard InChI is InChI=1S/C16H23N/c1-12(2)9-15(16(3,4)5)14-8-6-7-13(10-14)11-17/h6-8,10,12,15H,9H2,1-5H3. The number of hydrogen-bond acceptors (Lipinski definition) is 1. The molecule has 0 N–H and O–H groups in total. The summed E-state index contributed by atoms with van der Waals surface area (Å²) in [6.07, 6.45) is 1.17. The van der Waals surface area contributed by atoms with Crippen molar-refractivity contribution in [2.24, 2.45) is 11.3 Å². The summed E-state index contributed by atoms with van der Waals surface area (Å²) in [5.41, 5.74) is 2.30. The van der Waals surface area contributed by atoms with Gasteiger partial charge >= 0.3 is 0 Å². The highest BCUT2D eigenvalue weighted by Crippen LogP contribution is 2.39. The number of rotatable bonds is 3. The van der Waals surface area contributed by atoms with Crippen LogP contribution in [0, 0.1) is 22.7 Å². The van der Waals surface area contributed by atoms with E-state index in [2.05, 4.69) is 46.8 Å². The Kier molecular flexibility index (Phi) is 4.34. The van der Waals surface area contributed by atoms with Crippen molar-refractivity contribution in [3.8, 4) is 6.07 Å². The van der Waals surface area contributed by atoms with Crippen LogP contribution in [-0.4, -0.2) is 0 Å². The number of nitrogens with zero attached hydrogens (tertiary/aromatic N) is 1. The van der Waals surface area contributed by atoms with E-state index in [9.17, 15) is 0 Å². The van der Waals surface area contributed by atoms with E-state index >= 15 is 0 Å². The largest absolute Gasteiger partial charge is 0.192 e. The molecule has 1 heteroatoms. The molecule has 0 amide bonds. The lowest BCUT2D eigenvalue weighted by atomic mass is 9.72. The Bertz CT molecular complexity index is 404. The van der Waals surface area contributed by atoms with Crippen molar-refractivity contribution in [2.45, 2.75) is 47.0 Å². The van der Waals surface area contributed by atoms with Gasteiger partial charge in [-0.25, -0.2) is 0 Å². The molecule has 1 unspecified atom stereocenters. The van der Waals surface area contributed by atoms with E-state index < -0.39 is 0 Å². The average molecular weight is 229 g/mol. The Morgan fingerprint density at radius 1 is 1.24 bits per heavy atom. The van der Waals surface area contributed by atoms with E-state index in [0.29, 0.717) is 11.8 Å². The predicted octanol–water partition coefficient (Wildman–Crippen LogP) is 4.73. The lowest BCUT2D eigenvalue weighted by molar-refractivity contribution is 0.280. The van der Waals surface area contributed by atoms with Gasteiger partial charge in [0.05, 0.1) is 11.6 Å². The molecule has 0 fully saturated rings. The zero-order valence-electron chi connectivity index (χ0n) is 11.6. The van der Waals surface area contributed by atoms with Crippen molar-refractivity contribution in [3.63, 3.8) is 0 Å². The third kappa shape index (κ3) is 3.89. The van der Waals surface area contributed by atoms with Gasteiger partial charge in [-0.3, -0.25) is 0 Å². The van der Waals surface area contributed by atoms with E-state index in [0.717, 1.165) is 5.56 Å². The zero-order chi connectivity index (χ0) is 13.1. The zero-order valence-corrected chi connectivity index (χ0v) is 11.6. The van der Waals surface area contributed by atoms with E-state index in [4.69, 9.17) is 5.26 Å². The van der Waals surface area contributed by atoms with Gasteiger partial charge in [0, 0.05) is 0 Å². The molecule has 0 saturated carbocycles. The van der Waals surface area contributed by atoms with Gasteiger partial charge in [0.25, 0.3) is 0 Å². The minimum absolute atomic E-state index is 0.234. The molecule has 0 aromatic heterocycles. The molecule has 0 bridgehead atoms. The van der Waals surface area contributed by atoms with Gasteiger partial charge < -0.3 is 0 Å². The molecule has 0 radical (unpaired) electrons. The van der Waals surface area contributed by atoms with Gasteiger partial charge in [-0.1, -0.05) is 46.8 Å². The van der Waals surface area contributed by atoms with Crippen LogP contribution >= 0.6 is 0 Å². The maximum atomic E-state index is 8.98. The first-order valence-corrected chi connectivity index (χ1v) is 6.34. The summed E-state index contributed by atoms with van der Waals surface area (Å²) in [4.78, 5) is 0. The summed E-state index contributed by atoms with van der Waals surface area (Å²) < 4.78 is 0. The molecule has 0 saturated heterocycles. The minimum atomic E-state index is 0.234. The van der Waals surface area contributed by atoms with Gasteiger partial charge in [0.1, 0.15) is 0 Å². The Hall–Kier alpha value is -1.29. The van der Waals surface area contributed by atoms with Crippen molar-refractivity contribution < 1.29 is 0 Å². The van der Waals surface area contributed by atoms with Crippen molar-refractivity contribution in [3.05, 3.63) is 35.4 Å². The van der Waals surface area contributed by atoms with Crippen LogP contribution in [0.2, 0.25) is 0 Å². The number of nitriles is 1. The van der Waals surface area contributed by atoms with Crippen LogP contribution in [0.1, 0.15) is 58.1 Å². The van der Waals surface area contributed by atoms with Crippen LogP contribution in [0.25, 0.3) is 0 Å². The van der Waals surface area contributed by atoms with Gasteiger partial charge in [-0.05, 0) is 41.4 Å². The average Bonchev–Trinajstić information content (AvgIpc) is 2.24. The molecule has 0 spiro atoms. The fourth-order valence-electron chi connectivity index (χ4n) is 2.29. The Balaban J connectivity index is 3.09. The van der Waals surface area contributed by atoms with Gasteiger partial charge in [0.15, 0.2) is 0 Å². The van der Waals surface area contributed by atoms with Crippen LogP contribution in [0.15, 0.2) is 24.3 Å². The summed E-state index contributed by atoms with van der Waals surface area (Å²) in [7, 11) is 0. The fraction of sp³-hybridized carbons (Fsp3) is 0.562. The Morgan fingerprint density at radius 3 is 2.35 bits per heavy atom. The summed E-state index contributed by atoms with van der Waals surface area (Å²) in [5, 5.41) is 8.98. The molecule has 92 valence electrons. The second kappa shape index (κ2) is 5.36. The van der Waals surface area contributed by atoms with E-state index in [1.54, 1.807) is 0 Å². The van der Waals surface area contributed by atoms with Crippen LogP contribution in [0.3, 0.4) is 0 Å². The Morgan fingerprint density at radius 2 is 1.88 bits per heavy atom. The van der Waals surface area contributed by atoms with Crippen molar-refractivity contribution >= 4 is 0 Å². The first kappa shape index (κ1) is 13.8. The molecule has 0 aliphatic carbocycles. The van der Waals surface area contributed by atoms with Crippen LogP contribution in [0.4, 0.5) is 0 Å². The molecule has 0 heterocycles. The maximum absolute atomic E-state index is 8.98. The summed E-state index contributed by atoms with van der Waals surface area (Å²) >= 11 is 0. The molecule has 1 nitrogen and oxygen atoms in total. The van der Waals surface area contributed by atoms with Crippen LogP contribution in [0.5, 0.6) is 0 Å². The van der Waals surface area contributed by atoms with Gasteiger partial charge in [0.2, 0.25) is 0 Å². The number of benzene rings is 1. The third-order valence-electron chi connectivity index (χ3n) is 3.17. The summed E-state index contributed by atoms with van der Waals surface area (Å²) in [6, 6.07) is 10.3. The topological polar surface area (TPSA) is 23.8 Å². The quantitative estimate of drug-likeness (QED) is 0.734. The lowest BCUT2D eigenvalue weighted by Crippen LogP contribution is -2.20. The molecule has 1 atom stereocenters. The van der Waals surface area contributed by atoms with Crippen molar-refractivity contribution in [1.82, 2.24) is 0 Å². The highest BCUT2D eigenvalue weighted by atomic mass is 14.3. The highest BCUT2D eigenvalue weighted by Gasteiger charge is 2.26. The highest BCUT2D eigenvalue weighted by molar-refractivity contribution is 5.35. The normalized spacial score (nSPS) is 13.5. The summed E-state index contributed by atoms with van der Waals surface area (Å²) in [5.74, 6) is 1.18. The second-order valence-corrected chi connectivity index (χ2v) is 6.29. The Labute approximate surface area is 105 Å². The molecular weight excluding hydrogens is 206 g/mol. The molecular formula is C16H23N. The van der Waals surface area contributed by atoms with E-state index in [1.807, 2.05) is 18.2 Å². The van der Waals surface area contributed by atoms with Gasteiger partial charge in [-0.2, -0.15) is 5.26 Å². The molecule has 0 aliphatic heterocycles. The van der Waals surface area contributed by atoms with E-state index in [1.165, 1.54) is 12.0 Å². The first-order valence-electron chi connectivity index (χ1n) is 6.34.